The first-order valence-electron chi connectivity index (χ1n) is 5.54. The number of fused-ring (bicyclic) bond motifs is 1. The standard InChI is InChI=1S/C14H19N/c1-14(2,3)12-8-10-6-4-5-7-11(10)9-13(12)15/h4-8,11H,9,15H2,1-3H3. The van der Waals surface area contributed by atoms with Gasteiger partial charge in [0.25, 0.3) is 0 Å². The van der Waals surface area contributed by atoms with Crippen molar-refractivity contribution in [2.45, 2.75) is 27.2 Å². The molecule has 0 radical (unpaired) electrons. The summed E-state index contributed by atoms with van der Waals surface area (Å²) >= 11 is 0. The first-order valence-corrected chi connectivity index (χ1v) is 5.54. The van der Waals surface area contributed by atoms with Gasteiger partial charge in [-0.3, -0.25) is 0 Å². The maximum Gasteiger partial charge on any atom is 0.0128 e. The van der Waals surface area contributed by atoms with Gasteiger partial charge in [0, 0.05) is 11.6 Å². The molecule has 0 bridgehead atoms. The van der Waals surface area contributed by atoms with Crippen molar-refractivity contribution in [3.05, 3.63) is 47.2 Å². The van der Waals surface area contributed by atoms with Crippen molar-refractivity contribution in [3.8, 4) is 0 Å². The molecule has 0 saturated carbocycles. The Morgan fingerprint density at radius 2 is 2.00 bits per heavy atom. The van der Waals surface area contributed by atoms with Crippen LogP contribution in [0.2, 0.25) is 0 Å². The van der Waals surface area contributed by atoms with E-state index in [1.165, 1.54) is 11.1 Å². The van der Waals surface area contributed by atoms with Crippen LogP contribution in [0, 0.1) is 11.3 Å². The van der Waals surface area contributed by atoms with Crippen LogP contribution in [0.15, 0.2) is 47.2 Å². The highest BCUT2D eigenvalue weighted by Gasteiger charge is 2.25. The molecular weight excluding hydrogens is 182 g/mol. The normalized spacial score (nSPS) is 25.3. The van der Waals surface area contributed by atoms with Gasteiger partial charge in [0.2, 0.25) is 0 Å². The van der Waals surface area contributed by atoms with Crippen molar-refractivity contribution >= 4 is 0 Å². The van der Waals surface area contributed by atoms with Crippen molar-refractivity contribution in [1.29, 1.82) is 0 Å². The Hall–Kier alpha value is -1.24. The molecule has 2 aliphatic rings. The third-order valence-electron chi connectivity index (χ3n) is 3.08. The zero-order valence-electron chi connectivity index (χ0n) is 9.75. The molecule has 0 fully saturated rings. The van der Waals surface area contributed by atoms with Gasteiger partial charge in [-0.05, 0) is 23.0 Å². The van der Waals surface area contributed by atoms with E-state index in [1.54, 1.807) is 0 Å². The van der Waals surface area contributed by atoms with Crippen LogP contribution >= 0.6 is 0 Å². The Morgan fingerprint density at radius 1 is 1.27 bits per heavy atom. The zero-order chi connectivity index (χ0) is 11.1. The van der Waals surface area contributed by atoms with Gasteiger partial charge < -0.3 is 5.73 Å². The van der Waals surface area contributed by atoms with Gasteiger partial charge in [-0.25, -0.2) is 0 Å². The Kier molecular flexibility index (Phi) is 2.34. The largest absolute Gasteiger partial charge is 0.402 e. The zero-order valence-corrected chi connectivity index (χ0v) is 9.75. The summed E-state index contributed by atoms with van der Waals surface area (Å²) in [6, 6.07) is 0. The molecule has 0 amide bonds. The Labute approximate surface area is 92.1 Å². The quantitative estimate of drug-likeness (QED) is 0.639. The fourth-order valence-corrected chi connectivity index (χ4v) is 2.25. The van der Waals surface area contributed by atoms with E-state index in [-0.39, 0.29) is 5.41 Å². The van der Waals surface area contributed by atoms with Crippen molar-refractivity contribution in [1.82, 2.24) is 0 Å². The number of rotatable bonds is 0. The highest BCUT2D eigenvalue weighted by atomic mass is 14.6. The lowest BCUT2D eigenvalue weighted by atomic mass is 9.76. The predicted octanol–water partition coefficient (Wildman–Crippen LogP) is 3.32. The van der Waals surface area contributed by atoms with Gasteiger partial charge in [0.1, 0.15) is 0 Å². The lowest BCUT2D eigenvalue weighted by Crippen LogP contribution is -2.21. The van der Waals surface area contributed by atoms with Crippen LogP contribution in [0.3, 0.4) is 0 Å². The van der Waals surface area contributed by atoms with E-state index >= 15 is 0 Å². The van der Waals surface area contributed by atoms with Crippen molar-refractivity contribution in [2.75, 3.05) is 0 Å². The van der Waals surface area contributed by atoms with E-state index < -0.39 is 0 Å². The number of nitrogens with two attached hydrogens (primary N) is 1. The molecule has 2 aliphatic carbocycles. The van der Waals surface area contributed by atoms with Gasteiger partial charge in [-0.1, -0.05) is 51.2 Å². The average molecular weight is 201 g/mol. The molecule has 0 saturated heterocycles. The first-order chi connectivity index (χ1) is 6.98. The lowest BCUT2D eigenvalue weighted by molar-refractivity contribution is 0.498. The highest BCUT2D eigenvalue weighted by molar-refractivity contribution is 5.45. The first kappa shape index (κ1) is 10.3. The second kappa shape index (κ2) is 3.41. The van der Waals surface area contributed by atoms with Crippen LogP contribution in [-0.4, -0.2) is 0 Å². The number of hydrogen-bond acceptors (Lipinski definition) is 1. The Balaban J connectivity index is 2.40. The van der Waals surface area contributed by atoms with E-state index in [4.69, 9.17) is 5.73 Å². The molecule has 0 heterocycles. The second-order valence-electron chi connectivity index (χ2n) is 5.39. The third-order valence-corrected chi connectivity index (χ3v) is 3.08. The highest BCUT2D eigenvalue weighted by Crippen LogP contribution is 2.38. The lowest BCUT2D eigenvalue weighted by Gasteiger charge is -2.30. The molecule has 0 aromatic carbocycles. The molecule has 1 heteroatoms. The second-order valence-corrected chi connectivity index (χ2v) is 5.39. The minimum absolute atomic E-state index is 0.150. The summed E-state index contributed by atoms with van der Waals surface area (Å²) < 4.78 is 0. The number of allylic oxidation sites excluding steroid dienone is 8. The van der Waals surface area contributed by atoms with Crippen LogP contribution < -0.4 is 5.73 Å². The molecule has 1 atom stereocenters. The van der Waals surface area contributed by atoms with Gasteiger partial charge >= 0.3 is 0 Å². The van der Waals surface area contributed by atoms with Gasteiger partial charge in [0.15, 0.2) is 0 Å². The molecule has 80 valence electrons. The smallest absolute Gasteiger partial charge is 0.0128 e. The SMILES string of the molecule is CC(C)(C)C1=C(N)CC2C=CC=CC2=C1. The van der Waals surface area contributed by atoms with Crippen LogP contribution in [0.1, 0.15) is 27.2 Å². The van der Waals surface area contributed by atoms with E-state index in [0.29, 0.717) is 5.92 Å². The molecular formula is C14H19N. The predicted molar refractivity (Wildman–Crippen MR) is 65.1 cm³/mol. The van der Waals surface area contributed by atoms with Gasteiger partial charge in [-0.15, -0.1) is 0 Å². The topological polar surface area (TPSA) is 26.0 Å². The summed E-state index contributed by atoms with van der Waals surface area (Å²) in [6.45, 7) is 6.65. The summed E-state index contributed by atoms with van der Waals surface area (Å²) in [5.41, 5.74) is 10.1. The van der Waals surface area contributed by atoms with Crippen molar-refractivity contribution < 1.29 is 0 Å². The molecule has 0 aromatic rings. The molecule has 2 N–H and O–H groups in total. The van der Waals surface area contributed by atoms with Crippen LogP contribution in [0.4, 0.5) is 0 Å². The molecule has 1 nitrogen and oxygen atoms in total. The molecule has 1 unspecified atom stereocenters. The number of hydrogen-bond donors (Lipinski definition) is 1. The molecule has 0 aromatic heterocycles. The maximum absolute atomic E-state index is 6.15. The van der Waals surface area contributed by atoms with E-state index in [2.05, 4.69) is 51.2 Å². The summed E-state index contributed by atoms with van der Waals surface area (Å²) in [6.07, 6.45) is 11.9. The monoisotopic (exact) mass is 201 g/mol. The van der Waals surface area contributed by atoms with E-state index in [1.807, 2.05) is 0 Å². The van der Waals surface area contributed by atoms with Gasteiger partial charge in [-0.2, -0.15) is 0 Å². The fraction of sp³-hybridized carbons (Fsp3) is 0.429. The van der Waals surface area contributed by atoms with E-state index in [9.17, 15) is 0 Å². The molecule has 2 rings (SSSR count). The molecule has 0 aliphatic heterocycles. The summed E-state index contributed by atoms with van der Waals surface area (Å²) in [5, 5.41) is 0. The third kappa shape index (κ3) is 1.92. The summed E-state index contributed by atoms with van der Waals surface area (Å²) in [7, 11) is 0. The van der Waals surface area contributed by atoms with Crippen molar-refractivity contribution in [2.24, 2.45) is 17.1 Å². The Morgan fingerprint density at radius 3 is 2.67 bits per heavy atom. The fourth-order valence-electron chi connectivity index (χ4n) is 2.25. The maximum atomic E-state index is 6.15. The summed E-state index contributed by atoms with van der Waals surface area (Å²) in [4.78, 5) is 0. The minimum Gasteiger partial charge on any atom is -0.402 e. The minimum atomic E-state index is 0.150. The van der Waals surface area contributed by atoms with Crippen molar-refractivity contribution in [3.63, 3.8) is 0 Å². The van der Waals surface area contributed by atoms with Crippen LogP contribution in [0.25, 0.3) is 0 Å². The van der Waals surface area contributed by atoms with E-state index in [0.717, 1.165) is 12.1 Å². The van der Waals surface area contributed by atoms with Crippen LogP contribution in [0.5, 0.6) is 0 Å². The molecule has 15 heavy (non-hydrogen) atoms. The van der Waals surface area contributed by atoms with Gasteiger partial charge in [0.05, 0.1) is 0 Å². The summed E-state index contributed by atoms with van der Waals surface area (Å²) in [5.74, 6) is 0.501. The molecule has 0 spiro atoms. The Bertz CT molecular complexity index is 386. The van der Waals surface area contributed by atoms with Crippen LogP contribution in [-0.2, 0) is 0 Å². The average Bonchev–Trinajstić information content (AvgIpc) is 2.15.